The summed E-state index contributed by atoms with van der Waals surface area (Å²) >= 11 is 7.08. The molecule has 0 bridgehead atoms. The number of hydrogen-bond donors (Lipinski definition) is 0. The Hall–Kier alpha value is -0.540. The highest BCUT2D eigenvalue weighted by Crippen LogP contribution is 2.27. The predicted octanol–water partition coefficient (Wildman–Crippen LogP) is 2.50. The second kappa shape index (κ2) is 3.24. The molecule has 0 saturated heterocycles. The largest absolute Gasteiger partial charge is 0.465 e. The quantitative estimate of drug-likeness (QED) is 0.636. The van der Waals surface area contributed by atoms with Crippen LogP contribution >= 0.6 is 22.9 Å². The van der Waals surface area contributed by atoms with Crippen LogP contribution in [0, 0.1) is 6.92 Å². The molecule has 0 saturated carbocycles. The van der Waals surface area contributed by atoms with Crippen LogP contribution in [-0.2, 0) is 4.74 Å². The van der Waals surface area contributed by atoms with Gasteiger partial charge in [-0.15, -0.1) is 11.3 Å². The normalized spacial score (nSPS) is 9.73. The van der Waals surface area contributed by atoms with E-state index in [-0.39, 0.29) is 5.97 Å². The van der Waals surface area contributed by atoms with Gasteiger partial charge in [0.1, 0.15) is 4.34 Å². The highest BCUT2D eigenvalue weighted by atomic mass is 35.5. The Morgan fingerprint density at radius 1 is 1.73 bits per heavy atom. The molecule has 1 rings (SSSR count). The van der Waals surface area contributed by atoms with E-state index in [9.17, 15) is 4.79 Å². The third-order valence-corrected chi connectivity index (χ3v) is 2.66. The van der Waals surface area contributed by atoms with Crippen LogP contribution in [0.15, 0.2) is 5.38 Å². The van der Waals surface area contributed by atoms with Crippen LogP contribution in [0.5, 0.6) is 0 Å². The highest BCUT2D eigenvalue weighted by molar-refractivity contribution is 7.15. The molecule has 0 radical (unpaired) electrons. The van der Waals surface area contributed by atoms with Gasteiger partial charge in [0, 0.05) is 0 Å². The number of carbonyl (C=O) groups excluding carboxylic acids is 1. The lowest BCUT2D eigenvalue weighted by molar-refractivity contribution is 0.0601. The summed E-state index contributed by atoms with van der Waals surface area (Å²) in [5, 5.41) is 1.83. The summed E-state index contributed by atoms with van der Waals surface area (Å²) in [6.45, 7) is 1.83. The van der Waals surface area contributed by atoms with Gasteiger partial charge in [0.25, 0.3) is 0 Å². The minimum absolute atomic E-state index is 0.367. The van der Waals surface area contributed by atoms with E-state index in [0.717, 1.165) is 5.56 Å². The molecule has 0 spiro atoms. The molecule has 0 aliphatic heterocycles. The van der Waals surface area contributed by atoms with Gasteiger partial charge in [-0.2, -0.15) is 0 Å². The monoisotopic (exact) mass is 190 g/mol. The van der Waals surface area contributed by atoms with Gasteiger partial charge in [-0.1, -0.05) is 11.6 Å². The van der Waals surface area contributed by atoms with Gasteiger partial charge in [-0.3, -0.25) is 0 Å². The van der Waals surface area contributed by atoms with E-state index >= 15 is 0 Å². The Morgan fingerprint density at radius 2 is 2.36 bits per heavy atom. The molecule has 4 heteroatoms. The first-order chi connectivity index (χ1) is 5.16. The van der Waals surface area contributed by atoms with Crippen LogP contribution in [0.2, 0.25) is 4.34 Å². The third kappa shape index (κ3) is 1.54. The van der Waals surface area contributed by atoms with Gasteiger partial charge >= 0.3 is 5.97 Å². The van der Waals surface area contributed by atoms with Crippen LogP contribution in [0.25, 0.3) is 0 Å². The van der Waals surface area contributed by atoms with Crippen molar-refractivity contribution < 1.29 is 9.53 Å². The number of thiophene rings is 1. The Kier molecular flexibility index (Phi) is 2.52. The van der Waals surface area contributed by atoms with E-state index < -0.39 is 0 Å². The van der Waals surface area contributed by atoms with Crippen molar-refractivity contribution in [1.82, 2.24) is 0 Å². The van der Waals surface area contributed by atoms with Crippen molar-refractivity contribution in [3.8, 4) is 0 Å². The molecule has 1 aromatic heterocycles. The maximum absolute atomic E-state index is 11.0. The minimum atomic E-state index is -0.367. The molecular formula is C7H7ClO2S. The lowest BCUT2D eigenvalue weighted by Crippen LogP contribution is -2.01. The molecule has 11 heavy (non-hydrogen) atoms. The molecule has 0 N–H and O–H groups in total. The van der Waals surface area contributed by atoms with Crippen molar-refractivity contribution in [3.05, 3.63) is 20.8 Å². The van der Waals surface area contributed by atoms with Gasteiger partial charge in [0.15, 0.2) is 0 Å². The van der Waals surface area contributed by atoms with Gasteiger partial charge in [0.05, 0.1) is 12.7 Å². The smallest absolute Gasteiger partial charge is 0.340 e. The van der Waals surface area contributed by atoms with Gasteiger partial charge in [0.2, 0.25) is 0 Å². The van der Waals surface area contributed by atoms with Crippen molar-refractivity contribution in [1.29, 1.82) is 0 Å². The number of hydrogen-bond acceptors (Lipinski definition) is 3. The van der Waals surface area contributed by atoms with E-state index in [1.54, 1.807) is 0 Å². The zero-order chi connectivity index (χ0) is 8.43. The fraction of sp³-hybridized carbons (Fsp3) is 0.286. The lowest BCUT2D eigenvalue weighted by atomic mass is 10.2. The number of ether oxygens (including phenoxy) is 1. The number of rotatable bonds is 1. The number of halogens is 1. The molecule has 60 valence electrons. The third-order valence-electron chi connectivity index (χ3n) is 1.32. The molecule has 0 atom stereocenters. The first-order valence-corrected chi connectivity index (χ1v) is 4.24. The van der Waals surface area contributed by atoms with E-state index in [1.807, 2.05) is 12.3 Å². The molecule has 1 heterocycles. The summed E-state index contributed by atoms with van der Waals surface area (Å²) in [6.07, 6.45) is 0. The zero-order valence-electron chi connectivity index (χ0n) is 6.18. The lowest BCUT2D eigenvalue weighted by Gasteiger charge is -1.96. The van der Waals surface area contributed by atoms with Crippen LogP contribution in [-0.4, -0.2) is 13.1 Å². The summed E-state index contributed by atoms with van der Waals surface area (Å²) in [7, 11) is 1.34. The van der Waals surface area contributed by atoms with Crippen molar-refractivity contribution in [2.24, 2.45) is 0 Å². The average molecular weight is 191 g/mol. The van der Waals surface area contributed by atoms with Gasteiger partial charge in [-0.05, 0) is 17.9 Å². The zero-order valence-corrected chi connectivity index (χ0v) is 7.75. The van der Waals surface area contributed by atoms with E-state index in [4.69, 9.17) is 11.6 Å². The summed E-state index contributed by atoms with van der Waals surface area (Å²) in [5.41, 5.74) is 1.35. The second-order valence-electron chi connectivity index (χ2n) is 2.06. The first kappa shape index (κ1) is 8.56. The van der Waals surface area contributed by atoms with Crippen LogP contribution in [0.4, 0.5) is 0 Å². The Balaban J connectivity index is 3.10. The minimum Gasteiger partial charge on any atom is -0.465 e. The Morgan fingerprint density at radius 3 is 2.73 bits per heavy atom. The SMILES string of the molecule is COC(=O)c1c(C)csc1Cl. The van der Waals surface area contributed by atoms with Crippen molar-refractivity contribution in [2.45, 2.75) is 6.92 Å². The molecule has 0 fully saturated rings. The number of aryl methyl sites for hydroxylation is 1. The van der Waals surface area contributed by atoms with Gasteiger partial charge in [-0.25, -0.2) is 4.79 Å². The molecule has 0 amide bonds. The molecule has 2 nitrogen and oxygen atoms in total. The topological polar surface area (TPSA) is 26.3 Å². The van der Waals surface area contributed by atoms with E-state index in [2.05, 4.69) is 4.74 Å². The molecule has 0 unspecified atom stereocenters. The van der Waals surface area contributed by atoms with E-state index in [1.165, 1.54) is 18.4 Å². The van der Waals surface area contributed by atoms with Gasteiger partial charge < -0.3 is 4.74 Å². The Bertz CT molecular complexity index is 260. The number of carbonyl (C=O) groups is 1. The maximum Gasteiger partial charge on any atom is 0.340 e. The van der Waals surface area contributed by atoms with Crippen molar-refractivity contribution >= 4 is 28.9 Å². The summed E-state index contributed by atoms with van der Waals surface area (Å²) in [5.74, 6) is -0.367. The summed E-state index contributed by atoms with van der Waals surface area (Å²) in [4.78, 5) is 11.0. The molecule has 0 aliphatic carbocycles. The maximum atomic E-state index is 11.0. The van der Waals surface area contributed by atoms with E-state index in [0.29, 0.717) is 9.90 Å². The highest BCUT2D eigenvalue weighted by Gasteiger charge is 2.14. The van der Waals surface area contributed by atoms with Crippen LogP contribution < -0.4 is 0 Å². The van der Waals surface area contributed by atoms with Crippen LogP contribution in [0.1, 0.15) is 15.9 Å². The number of methoxy groups -OCH3 is 1. The summed E-state index contributed by atoms with van der Waals surface area (Å²) < 4.78 is 5.03. The fourth-order valence-electron chi connectivity index (χ4n) is 0.756. The fourth-order valence-corrected chi connectivity index (χ4v) is 1.88. The summed E-state index contributed by atoms with van der Waals surface area (Å²) in [6, 6.07) is 0. The van der Waals surface area contributed by atoms with Crippen LogP contribution in [0.3, 0.4) is 0 Å². The van der Waals surface area contributed by atoms with Crippen molar-refractivity contribution in [2.75, 3.05) is 7.11 Å². The number of esters is 1. The first-order valence-electron chi connectivity index (χ1n) is 2.98. The second-order valence-corrected chi connectivity index (χ2v) is 3.54. The molecular weight excluding hydrogens is 184 g/mol. The molecule has 0 aliphatic rings. The predicted molar refractivity (Wildman–Crippen MR) is 45.4 cm³/mol. The average Bonchev–Trinajstić information content (AvgIpc) is 2.30. The Labute approximate surface area is 73.7 Å². The standard InChI is InChI=1S/C7H7ClO2S/c1-4-3-11-6(8)5(4)7(9)10-2/h3H,1-2H3. The molecule has 1 aromatic rings. The van der Waals surface area contributed by atoms with Crippen molar-refractivity contribution in [3.63, 3.8) is 0 Å². The molecule has 0 aromatic carbocycles.